The molecule has 0 aliphatic rings. The minimum Gasteiger partial charge on any atom is -0.485 e. The summed E-state index contributed by atoms with van der Waals surface area (Å²) in [5.41, 5.74) is 17.6. The monoisotopic (exact) mass is 287 g/mol. The molecular formula is C13H17N7O. The molecule has 0 atom stereocenters. The number of hydrogen-bond donors (Lipinski definition) is 3. The van der Waals surface area contributed by atoms with Crippen LogP contribution in [0.3, 0.4) is 0 Å². The van der Waals surface area contributed by atoms with E-state index in [1.54, 1.807) is 23.0 Å². The third kappa shape index (κ3) is 3.96. The van der Waals surface area contributed by atoms with Gasteiger partial charge in [-0.15, -0.1) is 0 Å². The summed E-state index contributed by atoms with van der Waals surface area (Å²) in [6.45, 7) is 0.366. The van der Waals surface area contributed by atoms with Crippen LogP contribution in [-0.4, -0.2) is 21.7 Å². The molecule has 0 aliphatic heterocycles. The Morgan fingerprint density at radius 1 is 1.24 bits per heavy atom. The van der Waals surface area contributed by atoms with Gasteiger partial charge in [0.1, 0.15) is 18.0 Å². The average molecular weight is 287 g/mol. The molecule has 8 nitrogen and oxygen atoms in total. The number of ether oxygens (including phenoxy) is 1. The first-order chi connectivity index (χ1) is 10.1. The Kier molecular flexibility index (Phi) is 4.39. The molecule has 1 heterocycles. The van der Waals surface area contributed by atoms with E-state index in [0.717, 1.165) is 5.69 Å². The Bertz CT molecular complexity index is 671. The Hall–Kier alpha value is -3.03. The third-order valence-corrected chi connectivity index (χ3v) is 2.64. The zero-order chi connectivity index (χ0) is 15.2. The lowest BCUT2D eigenvalue weighted by atomic mass is 10.3. The van der Waals surface area contributed by atoms with E-state index in [1.165, 1.54) is 0 Å². The molecule has 1 aromatic heterocycles. The van der Waals surface area contributed by atoms with Gasteiger partial charge in [0.25, 0.3) is 0 Å². The summed E-state index contributed by atoms with van der Waals surface area (Å²) in [4.78, 5) is 7.79. The first kappa shape index (κ1) is 14.4. The summed E-state index contributed by atoms with van der Waals surface area (Å²) in [5, 5.41) is 4.08. The summed E-state index contributed by atoms with van der Waals surface area (Å²) in [6.07, 6.45) is 1.71. The molecule has 0 saturated heterocycles. The minimum atomic E-state index is -0.149. The van der Waals surface area contributed by atoms with Crippen molar-refractivity contribution in [2.75, 3.05) is 0 Å². The maximum Gasteiger partial charge on any atom is 0.223 e. The Balaban J connectivity index is 2.17. The molecule has 0 aliphatic carbocycles. The van der Waals surface area contributed by atoms with Crippen molar-refractivity contribution in [2.24, 2.45) is 34.2 Å². The first-order valence-corrected chi connectivity index (χ1v) is 6.19. The largest absolute Gasteiger partial charge is 0.485 e. The van der Waals surface area contributed by atoms with Gasteiger partial charge >= 0.3 is 0 Å². The second-order valence-corrected chi connectivity index (χ2v) is 4.21. The second-order valence-electron chi connectivity index (χ2n) is 4.21. The van der Waals surface area contributed by atoms with Crippen LogP contribution >= 0.6 is 0 Å². The van der Waals surface area contributed by atoms with Crippen molar-refractivity contribution in [1.29, 1.82) is 0 Å². The van der Waals surface area contributed by atoms with Gasteiger partial charge < -0.3 is 21.9 Å². The molecule has 21 heavy (non-hydrogen) atoms. The molecule has 0 radical (unpaired) electrons. The number of aliphatic imine (C=N–C) groups is 2. The fourth-order valence-corrected chi connectivity index (χ4v) is 1.65. The summed E-state index contributed by atoms with van der Waals surface area (Å²) in [6, 6.07) is 9.08. The van der Waals surface area contributed by atoms with Gasteiger partial charge in [0, 0.05) is 13.2 Å². The molecule has 0 amide bonds. The van der Waals surface area contributed by atoms with E-state index in [9.17, 15) is 0 Å². The molecule has 0 bridgehead atoms. The van der Waals surface area contributed by atoms with Gasteiger partial charge in [0.2, 0.25) is 5.96 Å². The summed E-state index contributed by atoms with van der Waals surface area (Å²) >= 11 is 0. The lowest BCUT2D eigenvalue weighted by Crippen LogP contribution is -2.26. The maximum atomic E-state index is 5.73. The SMILES string of the molecule is Cn1nccc1COc1ccccc1N=C(N)N=C(N)N. The zero-order valence-electron chi connectivity index (χ0n) is 11.6. The van der Waals surface area contributed by atoms with Gasteiger partial charge in [-0.05, 0) is 18.2 Å². The molecule has 2 rings (SSSR count). The van der Waals surface area contributed by atoms with Crippen molar-refractivity contribution in [1.82, 2.24) is 9.78 Å². The molecule has 2 aromatic rings. The third-order valence-electron chi connectivity index (χ3n) is 2.64. The van der Waals surface area contributed by atoms with E-state index >= 15 is 0 Å². The van der Waals surface area contributed by atoms with Gasteiger partial charge in [-0.3, -0.25) is 4.68 Å². The molecule has 0 spiro atoms. The topological polar surface area (TPSA) is 130 Å². The Labute approximate surface area is 121 Å². The van der Waals surface area contributed by atoms with E-state index in [0.29, 0.717) is 18.0 Å². The molecule has 0 unspecified atom stereocenters. The van der Waals surface area contributed by atoms with Gasteiger partial charge in [-0.25, -0.2) is 4.99 Å². The number of guanidine groups is 2. The maximum absolute atomic E-state index is 5.73. The Morgan fingerprint density at radius 3 is 2.67 bits per heavy atom. The highest BCUT2D eigenvalue weighted by atomic mass is 16.5. The van der Waals surface area contributed by atoms with Crippen LogP contribution in [0.5, 0.6) is 5.75 Å². The molecule has 0 fully saturated rings. The highest BCUT2D eigenvalue weighted by Gasteiger charge is 2.05. The van der Waals surface area contributed by atoms with Crippen LogP contribution < -0.4 is 21.9 Å². The molecular weight excluding hydrogens is 270 g/mol. The highest BCUT2D eigenvalue weighted by Crippen LogP contribution is 2.27. The fourth-order valence-electron chi connectivity index (χ4n) is 1.65. The number of hydrogen-bond acceptors (Lipinski definition) is 3. The molecule has 1 aromatic carbocycles. The number of nitrogens with zero attached hydrogens (tertiary/aromatic N) is 4. The van der Waals surface area contributed by atoms with Crippen molar-refractivity contribution in [3.8, 4) is 5.75 Å². The van der Waals surface area contributed by atoms with Crippen molar-refractivity contribution in [3.63, 3.8) is 0 Å². The number of rotatable bonds is 4. The van der Waals surface area contributed by atoms with Gasteiger partial charge in [0.05, 0.1) is 5.69 Å². The summed E-state index contributed by atoms with van der Waals surface area (Å²) in [7, 11) is 1.85. The summed E-state index contributed by atoms with van der Waals surface area (Å²) < 4.78 is 7.47. The molecule has 0 saturated carbocycles. The van der Waals surface area contributed by atoms with Gasteiger partial charge in [-0.2, -0.15) is 10.1 Å². The number of aryl methyl sites for hydroxylation is 1. The highest BCUT2D eigenvalue weighted by molar-refractivity contribution is 5.93. The van der Waals surface area contributed by atoms with Crippen molar-refractivity contribution in [2.45, 2.75) is 6.61 Å². The minimum absolute atomic E-state index is 0.0356. The molecule has 110 valence electrons. The average Bonchev–Trinajstić information content (AvgIpc) is 2.82. The number of nitrogens with two attached hydrogens (primary N) is 3. The Morgan fingerprint density at radius 2 is 2.00 bits per heavy atom. The standard InChI is InChI=1S/C13H17N7O/c1-20-9(6-7-17-20)8-21-11-5-3-2-4-10(11)18-13(16)19-12(14)15/h2-7H,8H2,1H3,(H6,14,15,16,18,19). The van der Waals surface area contributed by atoms with Gasteiger partial charge in [-0.1, -0.05) is 12.1 Å². The predicted molar refractivity (Wildman–Crippen MR) is 81.1 cm³/mol. The van der Waals surface area contributed by atoms with Crippen LogP contribution in [0.25, 0.3) is 0 Å². The van der Waals surface area contributed by atoms with Crippen LogP contribution in [0.4, 0.5) is 5.69 Å². The van der Waals surface area contributed by atoms with E-state index in [2.05, 4.69) is 15.1 Å². The van der Waals surface area contributed by atoms with E-state index in [4.69, 9.17) is 21.9 Å². The van der Waals surface area contributed by atoms with Crippen LogP contribution in [-0.2, 0) is 13.7 Å². The van der Waals surface area contributed by atoms with Crippen LogP contribution in [0.1, 0.15) is 5.69 Å². The van der Waals surface area contributed by atoms with Crippen molar-refractivity contribution in [3.05, 3.63) is 42.2 Å². The number of aromatic nitrogens is 2. The lowest BCUT2D eigenvalue weighted by molar-refractivity contribution is 0.296. The normalized spacial score (nSPS) is 11.2. The quantitative estimate of drug-likeness (QED) is 0.547. The fraction of sp³-hybridized carbons (Fsp3) is 0.154. The zero-order valence-corrected chi connectivity index (χ0v) is 11.6. The van der Waals surface area contributed by atoms with Crippen molar-refractivity contribution < 1.29 is 4.74 Å². The number of benzene rings is 1. The van der Waals surface area contributed by atoms with Crippen molar-refractivity contribution >= 4 is 17.6 Å². The second kappa shape index (κ2) is 6.42. The van der Waals surface area contributed by atoms with E-state index in [-0.39, 0.29) is 11.9 Å². The number of para-hydroxylation sites is 2. The molecule has 8 heteroatoms. The first-order valence-electron chi connectivity index (χ1n) is 6.19. The van der Waals surface area contributed by atoms with E-state index < -0.39 is 0 Å². The smallest absolute Gasteiger partial charge is 0.223 e. The predicted octanol–water partition coefficient (Wildman–Crippen LogP) is 0.219. The molecule has 6 N–H and O–H groups in total. The van der Waals surface area contributed by atoms with Gasteiger partial charge in [0.15, 0.2) is 5.96 Å². The van der Waals surface area contributed by atoms with E-state index in [1.807, 2.05) is 25.2 Å². The summed E-state index contributed by atoms with van der Waals surface area (Å²) in [5.74, 6) is 0.392. The van der Waals surface area contributed by atoms with Crippen LogP contribution in [0.2, 0.25) is 0 Å². The lowest BCUT2D eigenvalue weighted by Gasteiger charge is -2.09. The van der Waals surface area contributed by atoms with Crippen LogP contribution in [0, 0.1) is 0 Å². The van der Waals surface area contributed by atoms with Crippen LogP contribution in [0.15, 0.2) is 46.5 Å².